The molecule has 1 aromatic carbocycles. The molecule has 0 radical (unpaired) electrons. The third-order valence-electron chi connectivity index (χ3n) is 4.78. The van der Waals surface area contributed by atoms with Crippen molar-refractivity contribution in [1.82, 2.24) is 4.98 Å². The van der Waals surface area contributed by atoms with Gasteiger partial charge in [-0.2, -0.15) is 0 Å². The fraction of sp³-hybridized carbons (Fsp3) is 0.429. The largest absolute Gasteiger partial charge is 0.371 e. The van der Waals surface area contributed by atoms with Gasteiger partial charge in [0.2, 0.25) is 0 Å². The number of aromatic nitrogens is 1. The molecule has 2 aromatic rings. The van der Waals surface area contributed by atoms with Crippen LogP contribution in [0.25, 0.3) is 0 Å². The van der Waals surface area contributed by atoms with E-state index in [2.05, 4.69) is 41.2 Å². The van der Waals surface area contributed by atoms with Crippen molar-refractivity contribution in [2.45, 2.75) is 45.4 Å². The first-order valence-corrected chi connectivity index (χ1v) is 9.26. The Labute approximate surface area is 150 Å². The second-order valence-electron chi connectivity index (χ2n) is 7.03. The number of nitrogens with one attached hydrogen (secondary N) is 1. The molecule has 1 saturated heterocycles. The molecule has 1 N–H and O–H groups in total. The predicted octanol–water partition coefficient (Wildman–Crippen LogP) is 4.84. The number of carbonyl (C=O) groups is 1. The van der Waals surface area contributed by atoms with Crippen LogP contribution in [0.2, 0.25) is 0 Å². The first kappa shape index (κ1) is 17.5. The molecule has 4 nitrogen and oxygen atoms in total. The van der Waals surface area contributed by atoms with Gasteiger partial charge in [0.1, 0.15) is 5.69 Å². The van der Waals surface area contributed by atoms with E-state index in [1.54, 1.807) is 6.20 Å². The van der Waals surface area contributed by atoms with Crippen LogP contribution < -0.4 is 10.2 Å². The van der Waals surface area contributed by atoms with E-state index >= 15 is 0 Å². The summed E-state index contributed by atoms with van der Waals surface area (Å²) in [7, 11) is 0. The lowest BCUT2D eigenvalue weighted by Gasteiger charge is -2.22. The van der Waals surface area contributed by atoms with Crippen LogP contribution in [0.4, 0.5) is 11.4 Å². The van der Waals surface area contributed by atoms with E-state index in [0.29, 0.717) is 11.6 Å². The number of benzene rings is 1. The predicted molar refractivity (Wildman–Crippen MR) is 103 cm³/mol. The number of amides is 1. The summed E-state index contributed by atoms with van der Waals surface area (Å²) in [4.78, 5) is 19.2. The summed E-state index contributed by atoms with van der Waals surface area (Å²) in [5, 5.41) is 2.95. The van der Waals surface area contributed by atoms with Crippen molar-refractivity contribution in [2.24, 2.45) is 0 Å². The first-order chi connectivity index (χ1) is 12.1. The van der Waals surface area contributed by atoms with Crippen LogP contribution in [0, 0.1) is 0 Å². The van der Waals surface area contributed by atoms with E-state index in [4.69, 9.17) is 0 Å². The maximum atomic E-state index is 12.5. The van der Waals surface area contributed by atoms with Gasteiger partial charge in [0.25, 0.3) is 5.91 Å². The molecule has 1 amide bonds. The molecule has 0 spiro atoms. The average Bonchev–Trinajstić information content (AvgIpc) is 2.92. The van der Waals surface area contributed by atoms with Crippen molar-refractivity contribution in [1.29, 1.82) is 0 Å². The third-order valence-corrected chi connectivity index (χ3v) is 4.78. The van der Waals surface area contributed by atoms with Gasteiger partial charge in [-0.3, -0.25) is 9.78 Å². The van der Waals surface area contributed by atoms with Crippen molar-refractivity contribution in [3.8, 4) is 0 Å². The van der Waals surface area contributed by atoms with Gasteiger partial charge in [0.15, 0.2) is 0 Å². The molecular formula is C21H27N3O. The summed E-state index contributed by atoms with van der Waals surface area (Å²) in [5.41, 5.74) is 3.63. The van der Waals surface area contributed by atoms with E-state index in [1.165, 1.54) is 31.2 Å². The third kappa shape index (κ3) is 4.59. The molecule has 0 aliphatic carbocycles. The van der Waals surface area contributed by atoms with Gasteiger partial charge in [-0.1, -0.05) is 38.8 Å². The molecule has 1 aliphatic rings. The van der Waals surface area contributed by atoms with Crippen LogP contribution in [-0.4, -0.2) is 24.0 Å². The highest BCUT2D eigenvalue weighted by Gasteiger charge is 2.14. The molecule has 2 heterocycles. The fourth-order valence-electron chi connectivity index (χ4n) is 3.22. The van der Waals surface area contributed by atoms with Gasteiger partial charge in [-0.15, -0.1) is 0 Å². The summed E-state index contributed by atoms with van der Waals surface area (Å²) in [6.45, 7) is 6.43. The van der Waals surface area contributed by atoms with Crippen molar-refractivity contribution < 1.29 is 4.79 Å². The summed E-state index contributed by atoms with van der Waals surface area (Å²) >= 11 is 0. The molecule has 1 fully saturated rings. The second-order valence-corrected chi connectivity index (χ2v) is 7.03. The van der Waals surface area contributed by atoms with Gasteiger partial charge >= 0.3 is 0 Å². The Balaban J connectivity index is 1.70. The summed E-state index contributed by atoms with van der Waals surface area (Å²) in [6.07, 6.45) is 6.75. The minimum Gasteiger partial charge on any atom is -0.371 e. The smallest absolute Gasteiger partial charge is 0.274 e. The van der Waals surface area contributed by atoms with E-state index in [-0.39, 0.29) is 5.91 Å². The van der Waals surface area contributed by atoms with Crippen LogP contribution >= 0.6 is 0 Å². The van der Waals surface area contributed by atoms with Crippen LogP contribution in [0.15, 0.2) is 42.6 Å². The van der Waals surface area contributed by atoms with E-state index in [0.717, 1.165) is 24.5 Å². The number of hydrogen-bond acceptors (Lipinski definition) is 3. The van der Waals surface area contributed by atoms with E-state index in [1.807, 2.05) is 24.3 Å². The first-order valence-electron chi connectivity index (χ1n) is 9.26. The van der Waals surface area contributed by atoms with Gasteiger partial charge in [-0.25, -0.2) is 0 Å². The van der Waals surface area contributed by atoms with Crippen molar-refractivity contribution in [3.63, 3.8) is 0 Å². The fourth-order valence-corrected chi connectivity index (χ4v) is 3.22. The maximum absolute atomic E-state index is 12.5. The average molecular weight is 337 g/mol. The molecular weight excluding hydrogens is 310 g/mol. The second kappa shape index (κ2) is 8.15. The summed E-state index contributed by atoms with van der Waals surface area (Å²) in [5.74, 6) is 0.325. The normalized spacial score (nSPS) is 15.1. The summed E-state index contributed by atoms with van der Waals surface area (Å²) < 4.78 is 0. The Morgan fingerprint density at radius 1 is 1.04 bits per heavy atom. The van der Waals surface area contributed by atoms with Crippen LogP contribution in [0.1, 0.15) is 61.5 Å². The highest BCUT2D eigenvalue weighted by atomic mass is 16.1. The lowest BCUT2D eigenvalue weighted by Crippen LogP contribution is -2.24. The van der Waals surface area contributed by atoms with Crippen LogP contribution in [0.3, 0.4) is 0 Å². The maximum Gasteiger partial charge on any atom is 0.274 e. The molecule has 132 valence electrons. The monoisotopic (exact) mass is 337 g/mol. The highest BCUT2D eigenvalue weighted by molar-refractivity contribution is 6.03. The van der Waals surface area contributed by atoms with Crippen molar-refractivity contribution in [2.75, 3.05) is 23.3 Å². The number of hydrogen-bond donors (Lipinski definition) is 1. The molecule has 1 aliphatic heterocycles. The van der Waals surface area contributed by atoms with Crippen molar-refractivity contribution in [3.05, 3.63) is 53.9 Å². The molecule has 0 unspecified atom stereocenters. The van der Waals surface area contributed by atoms with Crippen LogP contribution in [-0.2, 0) is 0 Å². The van der Waals surface area contributed by atoms with Gasteiger partial charge in [0, 0.05) is 30.7 Å². The molecule has 4 heteroatoms. The Morgan fingerprint density at radius 3 is 2.36 bits per heavy atom. The standard InChI is InChI=1S/C21H27N3O/c1-16(2)17-7-9-18(10-8-17)23-21(25)20-15-19(11-12-22-20)24-13-5-3-4-6-14-24/h7-12,15-16H,3-6,13-14H2,1-2H3,(H,23,25). The molecule has 0 saturated carbocycles. The molecule has 0 atom stereocenters. The minimum absolute atomic E-state index is 0.158. The van der Waals surface area contributed by atoms with Gasteiger partial charge in [-0.05, 0) is 48.6 Å². The molecule has 25 heavy (non-hydrogen) atoms. The Hall–Kier alpha value is -2.36. The number of pyridine rings is 1. The van der Waals surface area contributed by atoms with Crippen molar-refractivity contribution >= 4 is 17.3 Å². The lowest BCUT2D eigenvalue weighted by atomic mass is 10.0. The zero-order chi connectivity index (χ0) is 17.6. The number of nitrogens with zero attached hydrogens (tertiary/aromatic N) is 2. The topological polar surface area (TPSA) is 45.2 Å². The Bertz CT molecular complexity index is 701. The minimum atomic E-state index is -0.158. The zero-order valence-corrected chi connectivity index (χ0v) is 15.2. The van der Waals surface area contributed by atoms with Gasteiger partial charge < -0.3 is 10.2 Å². The Morgan fingerprint density at radius 2 is 1.72 bits per heavy atom. The quantitative estimate of drug-likeness (QED) is 0.868. The van der Waals surface area contributed by atoms with Gasteiger partial charge in [0.05, 0.1) is 0 Å². The van der Waals surface area contributed by atoms with E-state index < -0.39 is 0 Å². The summed E-state index contributed by atoms with van der Waals surface area (Å²) in [6, 6.07) is 11.9. The number of anilines is 2. The molecule has 1 aromatic heterocycles. The Kier molecular flexibility index (Phi) is 5.69. The molecule has 0 bridgehead atoms. The number of carbonyl (C=O) groups excluding carboxylic acids is 1. The van der Waals surface area contributed by atoms with E-state index in [9.17, 15) is 4.79 Å². The van der Waals surface area contributed by atoms with Crippen LogP contribution in [0.5, 0.6) is 0 Å². The molecule has 3 rings (SSSR count). The number of rotatable bonds is 4. The highest BCUT2D eigenvalue weighted by Crippen LogP contribution is 2.21. The zero-order valence-electron chi connectivity index (χ0n) is 15.2. The SMILES string of the molecule is CC(C)c1ccc(NC(=O)c2cc(N3CCCCCC3)ccn2)cc1. The lowest BCUT2D eigenvalue weighted by molar-refractivity contribution is 0.102.